The van der Waals surface area contributed by atoms with Crippen molar-refractivity contribution in [1.29, 1.82) is 5.41 Å². The lowest BCUT2D eigenvalue weighted by molar-refractivity contribution is -0.314. The molecule has 3 rings (SSSR count). The molecule has 0 aromatic rings. The third-order valence-corrected chi connectivity index (χ3v) is 7.40. The van der Waals surface area contributed by atoms with E-state index >= 15 is 0 Å². The number of nitrogens with one attached hydrogen (secondary N) is 3. The molecule has 3 aliphatic rings. The van der Waals surface area contributed by atoms with Gasteiger partial charge in [-0.3, -0.25) is 10.2 Å². The Morgan fingerprint density at radius 3 is 2.17 bits per heavy atom. The van der Waals surface area contributed by atoms with Gasteiger partial charge in [-0.05, 0) is 14.0 Å². The van der Waals surface area contributed by atoms with Gasteiger partial charge in [-0.15, -0.1) is 0 Å². The van der Waals surface area contributed by atoms with Gasteiger partial charge < -0.3 is 82.5 Å². The molecule has 0 amide bonds. The molecule has 1 saturated carbocycles. The van der Waals surface area contributed by atoms with Crippen LogP contribution in [0.2, 0.25) is 0 Å². The molecule has 230 valence electrons. The van der Waals surface area contributed by atoms with Crippen molar-refractivity contribution in [2.24, 2.45) is 22.2 Å². The summed E-state index contributed by atoms with van der Waals surface area (Å²) in [6, 6.07) is -4.02. The van der Waals surface area contributed by atoms with E-state index in [0.717, 1.165) is 0 Å². The van der Waals surface area contributed by atoms with Crippen molar-refractivity contribution in [3.8, 4) is 0 Å². The summed E-state index contributed by atoms with van der Waals surface area (Å²) in [5.74, 6) is -1.16. The van der Waals surface area contributed by atoms with Crippen molar-refractivity contribution in [3.05, 3.63) is 0 Å². The monoisotopic (exact) mass is 581 g/mol. The van der Waals surface area contributed by atoms with E-state index in [4.69, 9.17) is 41.6 Å². The number of hydrogen-bond acceptors (Lipinski definition) is 15. The summed E-state index contributed by atoms with van der Waals surface area (Å²) in [7, 11) is 1.42. The molecular weight excluding hydrogens is 542 g/mol. The molecule has 0 spiro atoms. The highest BCUT2D eigenvalue weighted by atomic mass is 16.8. The van der Waals surface area contributed by atoms with E-state index < -0.39 is 110 Å². The lowest BCUT2D eigenvalue weighted by Gasteiger charge is -2.46. The number of nitrogens with two attached hydrogens (primary N) is 3. The number of hydrogen-bond donors (Lipinski definition) is 13. The number of carbonyl (C=O) groups excluding carboxylic acids is 1. The van der Waals surface area contributed by atoms with Crippen LogP contribution in [0, 0.1) is 5.41 Å². The normalized spacial score (nSPS) is 47.4. The zero-order chi connectivity index (χ0) is 30.1. The Labute approximate surface area is 228 Å². The van der Waals surface area contributed by atoms with Gasteiger partial charge in [-0.2, -0.15) is 0 Å². The molecule has 2 saturated heterocycles. The number of likely N-dealkylation sites (N-methyl/N-ethyl adjacent to an activating group) is 1. The summed E-state index contributed by atoms with van der Waals surface area (Å²) in [6.45, 7) is 0.616. The molecular formula is C21H39N7O12. The van der Waals surface area contributed by atoms with E-state index in [-0.39, 0.29) is 6.29 Å². The zero-order valence-electron chi connectivity index (χ0n) is 21.7. The van der Waals surface area contributed by atoms with Crippen LogP contribution in [0.4, 0.5) is 0 Å². The third-order valence-electron chi connectivity index (χ3n) is 7.40. The number of aliphatic hydroxyl groups excluding tert-OH is 6. The van der Waals surface area contributed by atoms with Crippen molar-refractivity contribution in [1.82, 2.24) is 10.6 Å². The minimum Gasteiger partial charge on any atom is -0.394 e. The van der Waals surface area contributed by atoms with Gasteiger partial charge in [0.2, 0.25) is 0 Å². The van der Waals surface area contributed by atoms with Crippen molar-refractivity contribution in [2.75, 3.05) is 13.7 Å². The first kappa shape index (κ1) is 32.2. The maximum absolute atomic E-state index is 12.1. The second-order valence-corrected chi connectivity index (χ2v) is 9.93. The summed E-state index contributed by atoms with van der Waals surface area (Å²) in [4.78, 5) is 15.8. The quantitative estimate of drug-likeness (QED) is 0.0682. The van der Waals surface area contributed by atoms with E-state index in [1.165, 1.54) is 14.0 Å². The van der Waals surface area contributed by atoms with Crippen LogP contribution in [0.3, 0.4) is 0 Å². The molecule has 19 heteroatoms. The Morgan fingerprint density at radius 2 is 1.65 bits per heavy atom. The van der Waals surface area contributed by atoms with Gasteiger partial charge in [-0.1, -0.05) is 0 Å². The molecule has 19 nitrogen and oxygen atoms in total. The Kier molecular flexibility index (Phi) is 10.2. The Bertz CT molecular complexity index is 930. The highest BCUT2D eigenvalue weighted by Crippen LogP contribution is 2.38. The molecule has 3 fully saturated rings. The molecule has 2 heterocycles. The van der Waals surface area contributed by atoms with Crippen LogP contribution in [0.5, 0.6) is 0 Å². The predicted molar refractivity (Wildman–Crippen MR) is 132 cm³/mol. The summed E-state index contributed by atoms with van der Waals surface area (Å²) in [5.41, 5.74) is 13.8. The van der Waals surface area contributed by atoms with Gasteiger partial charge in [0.15, 0.2) is 36.4 Å². The number of guanidine groups is 2. The number of nitrogens with zero attached hydrogens (tertiary/aromatic N) is 1. The number of rotatable bonds is 9. The first-order valence-electron chi connectivity index (χ1n) is 12.4. The van der Waals surface area contributed by atoms with Crippen LogP contribution >= 0.6 is 0 Å². The minimum absolute atomic E-state index is 0.138. The van der Waals surface area contributed by atoms with Gasteiger partial charge >= 0.3 is 0 Å². The lowest BCUT2D eigenvalue weighted by atomic mass is 9.81. The van der Waals surface area contributed by atoms with Gasteiger partial charge in [0.05, 0.1) is 24.8 Å². The van der Waals surface area contributed by atoms with E-state index in [9.17, 15) is 40.5 Å². The second-order valence-electron chi connectivity index (χ2n) is 9.93. The van der Waals surface area contributed by atoms with Gasteiger partial charge in [-0.25, -0.2) is 4.99 Å². The average molecular weight is 582 g/mol. The van der Waals surface area contributed by atoms with Gasteiger partial charge in [0.1, 0.15) is 54.9 Å². The van der Waals surface area contributed by atoms with Crippen LogP contribution < -0.4 is 27.8 Å². The molecule has 6 unspecified atom stereocenters. The van der Waals surface area contributed by atoms with Crippen LogP contribution in [0.15, 0.2) is 4.99 Å². The van der Waals surface area contributed by atoms with Crippen molar-refractivity contribution in [3.63, 3.8) is 0 Å². The molecule has 1 aliphatic carbocycles. The van der Waals surface area contributed by atoms with Crippen molar-refractivity contribution in [2.45, 2.75) is 98.2 Å². The molecule has 0 bridgehead atoms. The first-order chi connectivity index (χ1) is 18.7. The molecule has 0 radical (unpaired) electrons. The standard InChI is InChI=1S/C21H39N7O12/c1-5-21(36,4-30)16(40-17-9(26-2)13(34)10(31)6(3-29)38-17)18(37-5)39-15-8(28-20(24)25)11(32)7(27-19(22)23)12(33)14(15)35/h4-18,26,29,31-36H,3H2,1-2H3,(H4,22,23,27)(H4,24,25,28)/t5-,6?,7?,8-,9?,10-,11?,12-,13+,14?,15-,16?,17-,18-,21-/m0/s1. The number of aliphatic hydroxyl groups is 7. The fourth-order valence-corrected chi connectivity index (χ4v) is 5.13. The first-order valence-corrected chi connectivity index (χ1v) is 12.4. The van der Waals surface area contributed by atoms with Crippen LogP contribution in [0.25, 0.3) is 0 Å². The highest BCUT2D eigenvalue weighted by Gasteiger charge is 2.60. The molecule has 15 atom stereocenters. The van der Waals surface area contributed by atoms with Gasteiger partial charge in [0.25, 0.3) is 0 Å². The Hall–Kier alpha value is -2.27. The number of carbonyl (C=O) groups is 1. The summed E-state index contributed by atoms with van der Waals surface area (Å²) in [6.07, 6.45) is -17.3. The Balaban J connectivity index is 1.95. The van der Waals surface area contributed by atoms with E-state index in [2.05, 4.69) is 15.6 Å². The van der Waals surface area contributed by atoms with Crippen molar-refractivity contribution < 1.29 is 59.5 Å². The second kappa shape index (κ2) is 12.7. The predicted octanol–water partition coefficient (Wildman–Crippen LogP) is -7.95. The lowest BCUT2D eigenvalue weighted by Crippen LogP contribution is -2.70. The minimum atomic E-state index is -2.39. The maximum Gasteiger partial charge on any atom is 0.188 e. The molecule has 0 aromatic heterocycles. The number of aliphatic imine (C=N–C) groups is 1. The number of aldehydes is 1. The highest BCUT2D eigenvalue weighted by molar-refractivity contribution is 5.76. The van der Waals surface area contributed by atoms with E-state index in [1.54, 1.807) is 0 Å². The molecule has 2 aliphatic heterocycles. The van der Waals surface area contributed by atoms with E-state index in [1.807, 2.05) is 0 Å². The largest absolute Gasteiger partial charge is 0.394 e. The average Bonchev–Trinajstić information content (AvgIpc) is 3.13. The fraction of sp³-hybridized carbons (Fsp3) is 0.857. The van der Waals surface area contributed by atoms with E-state index in [0.29, 0.717) is 0 Å². The maximum atomic E-state index is 12.1. The summed E-state index contributed by atoms with van der Waals surface area (Å²) in [5, 5.41) is 86.6. The molecule has 0 aromatic carbocycles. The van der Waals surface area contributed by atoms with Crippen LogP contribution in [-0.2, 0) is 23.7 Å². The SMILES string of the molecule is CNC1[C@H](OC2[C@H](O[C@@H]3C(O)[C@@H](O)C(N=C(N)N)C(O)[C@@H]3NC(=N)N)O[C@@H](C)[C@@]2(O)C=O)OC(CO)[C@H](O)[C@@H]1O. The third kappa shape index (κ3) is 6.00. The smallest absolute Gasteiger partial charge is 0.188 e. The van der Waals surface area contributed by atoms with Crippen LogP contribution in [0.1, 0.15) is 6.92 Å². The zero-order valence-corrected chi connectivity index (χ0v) is 21.7. The molecule has 16 N–H and O–H groups in total. The number of ether oxygens (including phenoxy) is 4. The molecule has 40 heavy (non-hydrogen) atoms. The Morgan fingerprint density at radius 1 is 1.00 bits per heavy atom. The topological polar surface area (TPSA) is 334 Å². The van der Waals surface area contributed by atoms with Crippen LogP contribution in [-0.4, -0.2) is 159 Å². The van der Waals surface area contributed by atoms with Crippen molar-refractivity contribution >= 4 is 18.2 Å². The van der Waals surface area contributed by atoms with Gasteiger partial charge in [0, 0.05) is 0 Å². The fourth-order valence-electron chi connectivity index (χ4n) is 5.13. The summed E-state index contributed by atoms with van der Waals surface area (Å²) < 4.78 is 22.9. The summed E-state index contributed by atoms with van der Waals surface area (Å²) >= 11 is 0.